The molecule has 0 radical (unpaired) electrons. The van der Waals surface area contributed by atoms with Gasteiger partial charge in [-0.3, -0.25) is 0 Å². The number of benzene rings is 1. The summed E-state index contributed by atoms with van der Waals surface area (Å²) < 4.78 is 5.76. The van der Waals surface area contributed by atoms with E-state index in [2.05, 4.69) is 51.4 Å². The molecule has 0 unspecified atom stereocenters. The first kappa shape index (κ1) is 17.5. The molecule has 3 rings (SSSR count). The van der Waals surface area contributed by atoms with Crippen molar-refractivity contribution in [2.75, 3.05) is 43.4 Å². The lowest BCUT2D eigenvalue weighted by atomic mass is 10.1. The summed E-state index contributed by atoms with van der Waals surface area (Å²) in [6.07, 6.45) is 1.87. The first-order chi connectivity index (χ1) is 12.1. The van der Waals surface area contributed by atoms with E-state index >= 15 is 0 Å². The smallest absolute Gasteiger partial charge is 0.237 e. The van der Waals surface area contributed by atoms with Gasteiger partial charge < -0.3 is 19.9 Å². The van der Waals surface area contributed by atoms with Gasteiger partial charge in [0, 0.05) is 44.6 Å². The lowest BCUT2D eigenvalue weighted by molar-refractivity contribution is 0.234. The van der Waals surface area contributed by atoms with Crippen molar-refractivity contribution in [3.05, 3.63) is 48.2 Å². The van der Waals surface area contributed by atoms with Gasteiger partial charge >= 0.3 is 0 Å². The number of nitrogens with zero attached hydrogens (tertiary/aromatic N) is 3. The monoisotopic (exact) mass is 340 g/mol. The Bertz CT molecular complexity index is 664. The van der Waals surface area contributed by atoms with Crippen LogP contribution in [0.5, 0.6) is 5.88 Å². The minimum absolute atomic E-state index is 0.110. The van der Waals surface area contributed by atoms with Crippen LogP contribution in [-0.4, -0.2) is 49.2 Å². The summed E-state index contributed by atoms with van der Waals surface area (Å²) in [7, 11) is 2.18. The Labute approximate surface area is 150 Å². The van der Waals surface area contributed by atoms with E-state index in [9.17, 15) is 0 Å². The fourth-order valence-corrected chi connectivity index (χ4v) is 2.93. The highest BCUT2D eigenvalue weighted by Gasteiger charge is 2.14. The molecule has 1 aromatic heterocycles. The average molecular weight is 340 g/mol. The zero-order valence-corrected chi connectivity index (χ0v) is 15.4. The van der Waals surface area contributed by atoms with E-state index < -0.39 is 0 Å². The third-order valence-corrected chi connectivity index (χ3v) is 4.41. The molecule has 1 aromatic carbocycles. The number of pyridine rings is 1. The minimum Gasteiger partial charge on any atom is -0.473 e. The SMILES string of the molecule is CC(C)Oc1ncccc1NCc1ccc(N2CCN(C)CC2)cc1. The van der Waals surface area contributed by atoms with Gasteiger partial charge in [-0.05, 0) is 50.7 Å². The van der Waals surface area contributed by atoms with Crippen molar-refractivity contribution < 1.29 is 4.74 Å². The van der Waals surface area contributed by atoms with E-state index in [1.54, 1.807) is 6.20 Å². The van der Waals surface area contributed by atoms with Crippen molar-refractivity contribution in [3.63, 3.8) is 0 Å². The zero-order valence-electron chi connectivity index (χ0n) is 15.4. The molecule has 2 heterocycles. The second kappa shape index (κ2) is 8.21. The molecular formula is C20H28N4O. The Morgan fingerprint density at radius 3 is 2.48 bits per heavy atom. The first-order valence-corrected chi connectivity index (χ1v) is 9.00. The summed E-state index contributed by atoms with van der Waals surface area (Å²) in [6, 6.07) is 12.8. The summed E-state index contributed by atoms with van der Waals surface area (Å²) in [5, 5.41) is 3.43. The molecule has 1 saturated heterocycles. The number of rotatable bonds is 6. The number of hydrogen-bond donors (Lipinski definition) is 1. The van der Waals surface area contributed by atoms with E-state index in [1.165, 1.54) is 11.3 Å². The molecule has 0 saturated carbocycles. The molecule has 2 aromatic rings. The van der Waals surface area contributed by atoms with Gasteiger partial charge in [-0.2, -0.15) is 0 Å². The summed E-state index contributed by atoms with van der Waals surface area (Å²) in [5.41, 5.74) is 3.48. The molecule has 25 heavy (non-hydrogen) atoms. The van der Waals surface area contributed by atoms with Crippen LogP contribution in [0.4, 0.5) is 11.4 Å². The Morgan fingerprint density at radius 1 is 1.08 bits per heavy atom. The maximum Gasteiger partial charge on any atom is 0.237 e. The predicted octanol–water partition coefficient (Wildman–Crippen LogP) is 3.23. The summed E-state index contributed by atoms with van der Waals surface area (Å²) in [6.45, 7) is 9.22. The average Bonchev–Trinajstić information content (AvgIpc) is 2.62. The van der Waals surface area contributed by atoms with Gasteiger partial charge in [-0.1, -0.05) is 12.1 Å². The number of likely N-dealkylation sites (N-methyl/N-ethyl adjacent to an activating group) is 1. The lowest BCUT2D eigenvalue weighted by Gasteiger charge is -2.34. The minimum atomic E-state index is 0.110. The normalized spacial score (nSPS) is 15.4. The fourth-order valence-electron chi connectivity index (χ4n) is 2.93. The largest absolute Gasteiger partial charge is 0.473 e. The molecule has 0 atom stereocenters. The molecule has 1 fully saturated rings. The number of aromatic nitrogens is 1. The van der Waals surface area contributed by atoms with E-state index in [0.717, 1.165) is 38.4 Å². The van der Waals surface area contributed by atoms with Gasteiger partial charge in [0.2, 0.25) is 5.88 Å². The van der Waals surface area contributed by atoms with Gasteiger partial charge in [-0.15, -0.1) is 0 Å². The molecule has 134 valence electrons. The van der Waals surface area contributed by atoms with Gasteiger partial charge in [0.05, 0.1) is 11.8 Å². The third kappa shape index (κ3) is 4.86. The number of anilines is 2. The number of hydrogen-bond acceptors (Lipinski definition) is 5. The van der Waals surface area contributed by atoms with Crippen LogP contribution in [0, 0.1) is 0 Å². The van der Waals surface area contributed by atoms with E-state index in [4.69, 9.17) is 4.74 Å². The fraction of sp³-hybridized carbons (Fsp3) is 0.450. The molecule has 1 aliphatic heterocycles. The maximum absolute atomic E-state index is 5.76. The molecule has 1 aliphatic rings. The van der Waals surface area contributed by atoms with Crippen LogP contribution in [-0.2, 0) is 6.54 Å². The summed E-state index contributed by atoms with van der Waals surface area (Å²) >= 11 is 0. The van der Waals surface area contributed by atoms with Gasteiger partial charge in [0.15, 0.2) is 0 Å². The van der Waals surface area contributed by atoms with Crippen LogP contribution in [0.1, 0.15) is 19.4 Å². The Kier molecular flexibility index (Phi) is 5.76. The molecule has 5 nitrogen and oxygen atoms in total. The first-order valence-electron chi connectivity index (χ1n) is 9.00. The second-order valence-corrected chi connectivity index (χ2v) is 6.83. The molecule has 5 heteroatoms. The lowest BCUT2D eigenvalue weighted by Crippen LogP contribution is -2.44. The van der Waals surface area contributed by atoms with Crippen LogP contribution >= 0.6 is 0 Å². The van der Waals surface area contributed by atoms with E-state index in [-0.39, 0.29) is 6.10 Å². The van der Waals surface area contributed by atoms with Gasteiger partial charge in [-0.25, -0.2) is 4.98 Å². The van der Waals surface area contributed by atoms with E-state index in [1.807, 2.05) is 26.0 Å². The van der Waals surface area contributed by atoms with Gasteiger partial charge in [0.25, 0.3) is 0 Å². The van der Waals surface area contributed by atoms with Gasteiger partial charge in [0.1, 0.15) is 0 Å². The number of piperazine rings is 1. The standard InChI is InChI=1S/C20H28N4O/c1-16(2)25-20-19(5-4-10-21-20)22-15-17-6-8-18(9-7-17)24-13-11-23(3)12-14-24/h4-10,16,22H,11-15H2,1-3H3. The molecular weight excluding hydrogens is 312 g/mol. The highest BCUT2D eigenvalue weighted by molar-refractivity contribution is 5.53. The summed E-state index contributed by atoms with van der Waals surface area (Å²) in [4.78, 5) is 9.14. The van der Waals surface area contributed by atoms with Crippen LogP contribution in [0.3, 0.4) is 0 Å². The van der Waals surface area contributed by atoms with Crippen molar-refractivity contribution in [1.29, 1.82) is 0 Å². The molecule has 0 aliphatic carbocycles. The Morgan fingerprint density at radius 2 is 1.80 bits per heavy atom. The molecule has 0 bridgehead atoms. The maximum atomic E-state index is 5.76. The van der Waals surface area contributed by atoms with Crippen LogP contribution in [0.15, 0.2) is 42.6 Å². The van der Waals surface area contributed by atoms with Crippen LogP contribution < -0.4 is 15.0 Å². The highest BCUT2D eigenvalue weighted by Crippen LogP contribution is 2.23. The van der Waals surface area contributed by atoms with Crippen LogP contribution in [0.25, 0.3) is 0 Å². The Hall–Kier alpha value is -2.27. The zero-order chi connectivity index (χ0) is 17.6. The Balaban J connectivity index is 1.59. The number of ether oxygens (including phenoxy) is 1. The quantitative estimate of drug-likeness (QED) is 0.874. The van der Waals surface area contributed by atoms with Crippen molar-refractivity contribution in [2.24, 2.45) is 0 Å². The molecule has 0 amide bonds. The highest BCUT2D eigenvalue weighted by atomic mass is 16.5. The van der Waals surface area contributed by atoms with Crippen molar-refractivity contribution in [3.8, 4) is 5.88 Å². The topological polar surface area (TPSA) is 40.6 Å². The number of nitrogens with one attached hydrogen (secondary N) is 1. The molecule has 0 spiro atoms. The summed E-state index contributed by atoms with van der Waals surface area (Å²) in [5.74, 6) is 0.659. The third-order valence-electron chi connectivity index (χ3n) is 4.41. The molecule has 1 N–H and O–H groups in total. The van der Waals surface area contributed by atoms with Crippen molar-refractivity contribution in [1.82, 2.24) is 9.88 Å². The second-order valence-electron chi connectivity index (χ2n) is 6.83. The van der Waals surface area contributed by atoms with E-state index in [0.29, 0.717) is 5.88 Å². The van der Waals surface area contributed by atoms with Crippen molar-refractivity contribution in [2.45, 2.75) is 26.5 Å². The van der Waals surface area contributed by atoms with Crippen molar-refractivity contribution >= 4 is 11.4 Å². The van der Waals surface area contributed by atoms with Crippen LogP contribution in [0.2, 0.25) is 0 Å². The predicted molar refractivity (Wildman–Crippen MR) is 103 cm³/mol.